The van der Waals surface area contributed by atoms with Crippen molar-refractivity contribution in [1.29, 1.82) is 0 Å². The van der Waals surface area contributed by atoms with Crippen LogP contribution in [0.2, 0.25) is 0 Å². The maximum Gasteiger partial charge on any atom is 0.312 e. The van der Waals surface area contributed by atoms with Crippen molar-refractivity contribution in [3.05, 3.63) is 30.3 Å². The van der Waals surface area contributed by atoms with Crippen molar-refractivity contribution in [2.75, 3.05) is 24.6 Å². The normalized spacial score (nSPS) is 33.5. The third kappa shape index (κ3) is 2.94. The van der Waals surface area contributed by atoms with Gasteiger partial charge in [0.05, 0.1) is 12.0 Å². The van der Waals surface area contributed by atoms with Crippen molar-refractivity contribution in [2.24, 2.45) is 23.2 Å². The number of rotatable bonds is 6. The van der Waals surface area contributed by atoms with Crippen LogP contribution in [0.5, 0.6) is 0 Å². The molecular formula is C21H29NO2. The molecule has 1 aromatic carbocycles. The zero-order chi connectivity index (χ0) is 16.6. The third-order valence-corrected chi connectivity index (χ3v) is 6.57. The van der Waals surface area contributed by atoms with Crippen molar-refractivity contribution in [1.82, 2.24) is 0 Å². The van der Waals surface area contributed by atoms with Crippen LogP contribution in [0.4, 0.5) is 5.69 Å². The number of carbonyl (C=O) groups excluding carboxylic acids is 1. The number of anilines is 1. The van der Waals surface area contributed by atoms with Gasteiger partial charge in [-0.25, -0.2) is 0 Å². The molecule has 0 aromatic heterocycles. The first-order valence-electron chi connectivity index (χ1n) is 9.66. The molecule has 130 valence electrons. The first kappa shape index (κ1) is 16.0. The molecule has 0 unspecified atom stereocenters. The van der Waals surface area contributed by atoms with Crippen LogP contribution in [0.3, 0.4) is 0 Å². The van der Waals surface area contributed by atoms with Crippen LogP contribution in [0, 0.1) is 23.2 Å². The lowest BCUT2D eigenvalue weighted by Gasteiger charge is -2.55. The monoisotopic (exact) mass is 327 g/mol. The quantitative estimate of drug-likeness (QED) is 0.731. The van der Waals surface area contributed by atoms with E-state index in [0.717, 1.165) is 50.1 Å². The topological polar surface area (TPSA) is 29.5 Å². The smallest absolute Gasteiger partial charge is 0.312 e. The standard InChI is InChI=1S/C21H29NO2/c1-2-22(19-6-4-3-5-7-19)8-9-24-20(23)21-13-16-10-17(14-21)12-18(11-16)15-21/h3-7,16-18H,2,8-15H2,1H3. The van der Waals surface area contributed by atoms with Gasteiger partial charge in [0.15, 0.2) is 0 Å². The maximum absolute atomic E-state index is 12.9. The Labute approximate surface area is 145 Å². The molecular weight excluding hydrogens is 298 g/mol. The van der Waals surface area contributed by atoms with Gasteiger partial charge in [0.25, 0.3) is 0 Å². The summed E-state index contributed by atoms with van der Waals surface area (Å²) in [4.78, 5) is 15.1. The lowest BCUT2D eigenvalue weighted by molar-refractivity contribution is -0.171. The minimum Gasteiger partial charge on any atom is -0.463 e. The second-order valence-corrected chi connectivity index (χ2v) is 8.25. The first-order valence-corrected chi connectivity index (χ1v) is 9.66. The lowest BCUT2D eigenvalue weighted by Crippen LogP contribution is -2.50. The van der Waals surface area contributed by atoms with Gasteiger partial charge in [0, 0.05) is 12.2 Å². The number of nitrogens with zero attached hydrogens (tertiary/aromatic N) is 1. The van der Waals surface area contributed by atoms with Gasteiger partial charge in [0.1, 0.15) is 6.61 Å². The Morgan fingerprint density at radius 2 is 1.67 bits per heavy atom. The summed E-state index contributed by atoms with van der Waals surface area (Å²) in [5.41, 5.74) is 1.07. The van der Waals surface area contributed by atoms with E-state index in [1.807, 2.05) is 6.07 Å². The van der Waals surface area contributed by atoms with E-state index >= 15 is 0 Å². The molecule has 24 heavy (non-hydrogen) atoms. The molecule has 3 heteroatoms. The van der Waals surface area contributed by atoms with Crippen molar-refractivity contribution in [3.63, 3.8) is 0 Å². The van der Waals surface area contributed by atoms with Crippen molar-refractivity contribution < 1.29 is 9.53 Å². The molecule has 0 radical (unpaired) electrons. The fourth-order valence-corrected chi connectivity index (χ4v) is 5.87. The Morgan fingerprint density at radius 1 is 1.08 bits per heavy atom. The minimum atomic E-state index is -0.126. The molecule has 4 aliphatic rings. The average molecular weight is 327 g/mol. The third-order valence-electron chi connectivity index (χ3n) is 6.57. The highest BCUT2D eigenvalue weighted by Crippen LogP contribution is 2.60. The molecule has 4 fully saturated rings. The summed E-state index contributed by atoms with van der Waals surface area (Å²) in [5.74, 6) is 2.48. The summed E-state index contributed by atoms with van der Waals surface area (Å²) in [6.45, 7) is 4.36. The zero-order valence-corrected chi connectivity index (χ0v) is 14.7. The van der Waals surface area contributed by atoms with Crippen LogP contribution >= 0.6 is 0 Å². The molecule has 0 saturated heterocycles. The number of para-hydroxylation sites is 1. The highest BCUT2D eigenvalue weighted by Gasteiger charge is 2.55. The van der Waals surface area contributed by atoms with Gasteiger partial charge < -0.3 is 9.64 Å². The summed E-state index contributed by atoms with van der Waals surface area (Å²) in [6.07, 6.45) is 7.37. The van der Waals surface area contributed by atoms with Gasteiger partial charge in [-0.3, -0.25) is 4.79 Å². The van der Waals surface area contributed by atoms with E-state index in [4.69, 9.17) is 4.74 Å². The molecule has 0 atom stereocenters. The highest BCUT2D eigenvalue weighted by atomic mass is 16.5. The number of likely N-dealkylation sites (N-methyl/N-ethyl adjacent to an activating group) is 1. The number of esters is 1. The van der Waals surface area contributed by atoms with Crippen LogP contribution in [-0.4, -0.2) is 25.7 Å². The van der Waals surface area contributed by atoms with Crippen LogP contribution in [0.1, 0.15) is 45.4 Å². The average Bonchev–Trinajstić information content (AvgIpc) is 2.58. The Morgan fingerprint density at radius 3 is 2.21 bits per heavy atom. The molecule has 3 nitrogen and oxygen atoms in total. The van der Waals surface area contributed by atoms with E-state index in [9.17, 15) is 4.79 Å². The summed E-state index contributed by atoms with van der Waals surface area (Å²) in [5, 5.41) is 0. The predicted octanol–water partition coefficient (Wildman–Crippen LogP) is 4.27. The van der Waals surface area contributed by atoms with E-state index in [-0.39, 0.29) is 11.4 Å². The molecule has 1 aromatic rings. The predicted molar refractivity (Wildman–Crippen MR) is 95.9 cm³/mol. The maximum atomic E-state index is 12.9. The second kappa shape index (κ2) is 6.42. The molecule has 5 rings (SSSR count). The van der Waals surface area contributed by atoms with Crippen LogP contribution in [0.25, 0.3) is 0 Å². The first-order chi connectivity index (χ1) is 11.7. The number of hydrogen-bond donors (Lipinski definition) is 0. The van der Waals surface area contributed by atoms with Gasteiger partial charge in [-0.1, -0.05) is 18.2 Å². The highest BCUT2D eigenvalue weighted by molar-refractivity contribution is 5.77. The van der Waals surface area contributed by atoms with Crippen LogP contribution in [-0.2, 0) is 9.53 Å². The number of hydrogen-bond acceptors (Lipinski definition) is 3. The lowest BCUT2D eigenvalue weighted by atomic mass is 9.49. The number of benzene rings is 1. The Balaban J connectivity index is 1.34. The van der Waals surface area contributed by atoms with Crippen LogP contribution < -0.4 is 4.90 Å². The summed E-state index contributed by atoms with van der Waals surface area (Å²) in [6, 6.07) is 10.4. The van der Waals surface area contributed by atoms with Gasteiger partial charge in [-0.15, -0.1) is 0 Å². The fraction of sp³-hybridized carbons (Fsp3) is 0.667. The fourth-order valence-electron chi connectivity index (χ4n) is 5.87. The zero-order valence-electron chi connectivity index (χ0n) is 14.7. The van der Waals surface area contributed by atoms with Gasteiger partial charge in [0.2, 0.25) is 0 Å². The molecule has 0 heterocycles. The van der Waals surface area contributed by atoms with E-state index in [1.54, 1.807) is 0 Å². The van der Waals surface area contributed by atoms with Gasteiger partial charge in [-0.05, 0) is 75.3 Å². The Bertz CT molecular complexity index is 547. The molecule has 0 aliphatic heterocycles. The van der Waals surface area contributed by atoms with E-state index in [1.165, 1.54) is 24.9 Å². The molecule has 0 N–H and O–H groups in total. The van der Waals surface area contributed by atoms with Crippen molar-refractivity contribution in [2.45, 2.75) is 45.4 Å². The second-order valence-electron chi connectivity index (χ2n) is 8.25. The SMILES string of the molecule is CCN(CCOC(=O)C12CC3CC(CC(C3)C1)C2)c1ccccc1. The van der Waals surface area contributed by atoms with Gasteiger partial charge >= 0.3 is 5.97 Å². The van der Waals surface area contributed by atoms with Crippen LogP contribution in [0.15, 0.2) is 30.3 Å². The minimum absolute atomic E-state index is 0.103. The Hall–Kier alpha value is -1.51. The summed E-state index contributed by atoms with van der Waals surface area (Å²) >= 11 is 0. The van der Waals surface area contributed by atoms with E-state index in [0.29, 0.717) is 6.61 Å². The van der Waals surface area contributed by atoms with Crippen molar-refractivity contribution in [3.8, 4) is 0 Å². The van der Waals surface area contributed by atoms with Gasteiger partial charge in [-0.2, -0.15) is 0 Å². The molecule has 4 aliphatic carbocycles. The molecule has 4 bridgehead atoms. The number of carbonyl (C=O) groups is 1. The van der Waals surface area contributed by atoms with Crippen molar-refractivity contribution >= 4 is 11.7 Å². The van der Waals surface area contributed by atoms with E-state index in [2.05, 4.69) is 36.1 Å². The summed E-state index contributed by atoms with van der Waals surface area (Å²) < 4.78 is 5.80. The van der Waals surface area contributed by atoms with E-state index < -0.39 is 0 Å². The molecule has 0 spiro atoms. The molecule has 0 amide bonds. The summed E-state index contributed by atoms with van der Waals surface area (Å²) in [7, 11) is 0. The number of ether oxygens (including phenoxy) is 1. The molecule has 4 saturated carbocycles. The Kier molecular flexibility index (Phi) is 4.28. The largest absolute Gasteiger partial charge is 0.463 e.